The second-order valence-electron chi connectivity index (χ2n) is 4.90. The van der Waals surface area contributed by atoms with Crippen molar-refractivity contribution in [3.63, 3.8) is 0 Å². The minimum Gasteiger partial charge on any atom is -0.399 e. The Morgan fingerprint density at radius 1 is 1.27 bits per heavy atom. The molecule has 110 valence electrons. The summed E-state index contributed by atoms with van der Waals surface area (Å²) >= 11 is 0. The number of hydrogen-bond donors (Lipinski definition) is 2. The molecule has 6 nitrogen and oxygen atoms in total. The van der Waals surface area contributed by atoms with Gasteiger partial charge in [0, 0.05) is 17.3 Å². The molecule has 0 spiro atoms. The highest BCUT2D eigenvalue weighted by Crippen LogP contribution is 2.05. The number of aromatic nitrogens is 2. The van der Waals surface area contributed by atoms with Crippen LogP contribution in [0.2, 0.25) is 0 Å². The van der Waals surface area contributed by atoms with Gasteiger partial charge in [0.1, 0.15) is 6.20 Å². The number of aryl methyl sites for hydroxylation is 1. The maximum absolute atomic E-state index is 11.9. The van der Waals surface area contributed by atoms with Crippen LogP contribution in [-0.4, -0.2) is 16.7 Å². The van der Waals surface area contributed by atoms with E-state index in [1.807, 2.05) is 46.6 Å². The molecule has 0 atom stereocenters. The first-order valence-electron chi connectivity index (χ1n) is 6.80. The highest BCUT2D eigenvalue weighted by molar-refractivity contribution is 5.95. The van der Waals surface area contributed by atoms with Crippen LogP contribution in [0, 0.1) is 0 Å². The predicted molar refractivity (Wildman–Crippen MR) is 84.5 cm³/mol. The van der Waals surface area contributed by atoms with Crippen LogP contribution < -0.4 is 15.6 Å². The van der Waals surface area contributed by atoms with Crippen molar-refractivity contribution in [2.75, 3.05) is 5.73 Å². The second kappa shape index (κ2) is 5.69. The number of nitrogens with zero attached hydrogens (tertiary/aromatic N) is 3. The minimum atomic E-state index is -0.275. The van der Waals surface area contributed by atoms with E-state index in [1.54, 1.807) is 30.5 Å². The number of rotatable bonds is 3. The summed E-state index contributed by atoms with van der Waals surface area (Å²) in [4.78, 5) is 11.9. The van der Waals surface area contributed by atoms with E-state index in [2.05, 4.69) is 10.5 Å². The van der Waals surface area contributed by atoms with Gasteiger partial charge in [-0.15, -0.1) is 0 Å². The number of benzene rings is 1. The number of fused-ring (bicyclic) bond motifs is 1. The molecular weight excluding hydrogens is 278 g/mol. The third kappa shape index (κ3) is 2.67. The number of imidazole rings is 1. The van der Waals surface area contributed by atoms with Crippen LogP contribution in [0.15, 0.2) is 60.0 Å². The number of nitrogens with two attached hydrogens (primary N) is 1. The Hall–Kier alpha value is -3.15. The molecule has 0 saturated carbocycles. The molecule has 1 amide bonds. The van der Waals surface area contributed by atoms with E-state index in [0.29, 0.717) is 11.3 Å². The molecule has 6 heteroatoms. The van der Waals surface area contributed by atoms with Crippen LogP contribution in [0.25, 0.3) is 5.65 Å². The molecule has 2 heterocycles. The molecule has 1 aromatic carbocycles. The summed E-state index contributed by atoms with van der Waals surface area (Å²) < 4.78 is 3.97. The van der Waals surface area contributed by atoms with Crippen LogP contribution in [0.3, 0.4) is 0 Å². The SMILES string of the molecule is Cn1c(/C=N\NC(=O)c2ccc(N)cc2)c[n+]2ccccc12. The molecule has 0 unspecified atom stereocenters. The fraction of sp³-hybridized carbons (Fsp3) is 0.0625. The van der Waals surface area contributed by atoms with Crippen LogP contribution in [0.4, 0.5) is 5.69 Å². The minimum absolute atomic E-state index is 0.275. The van der Waals surface area contributed by atoms with Crippen LogP contribution in [0.5, 0.6) is 0 Å². The standard InChI is InChI=1S/C16H15N5O/c1-20-14(11-21-9-3-2-4-15(20)21)10-18-19-16(22)12-5-7-13(17)8-6-12/h2-11H,1H3,(H2-,17,19,22)/p+1/b18-10-. The summed E-state index contributed by atoms with van der Waals surface area (Å²) in [7, 11) is 1.94. The van der Waals surface area contributed by atoms with Crippen molar-refractivity contribution < 1.29 is 9.20 Å². The molecule has 3 aromatic rings. The fourth-order valence-electron chi connectivity index (χ4n) is 2.18. The molecule has 0 radical (unpaired) electrons. The number of amides is 1. The Morgan fingerprint density at radius 2 is 2.05 bits per heavy atom. The summed E-state index contributed by atoms with van der Waals surface area (Å²) in [6.07, 6.45) is 5.51. The van der Waals surface area contributed by atoms with Gasteiger partial charge in [0.25, 0.3) is 11.6 Å². The van der Waals surface area contributed by atoms with Gasteiger partial charge in [-0.25, -0.2) is 14.4 Å². The molecule has 0 bridgehead atoms. The average molecular weight is 294 g/mol. The first-order chi connectivity index (χ1) is 10.6. The van der Waals surface area contributed by atoms with Gasteiger partial charge in [-0.05, 0) is 30.3 Å². The van der Waals surface area contributed by atoms with Crippen LogP contribution >= 0.6 is 0 Å². The maximum atomic E-state index is 11.9. The lowest BCUT2D eigenvalue weighted by atomic mass is 10.2. The molecule has 0 aliphatic rings. The number of carbonyl (C=O) groups is 1. The summed E-state index contributed by atoms with van der Waals surface area (Å²) in [6.45, 7) is 0. The molecular formula is C16H16N5O+. The highest BCUT2D eigenvalue weighted by Gasteiger charge is 2.11. The van der Waals surface area contributed by atoms with Crippen molar-refractivity contribution in [2.24, 2.45) is 12.1 Å². The lowest BCUT2D eigenvalue weighted by Gasteiger charge is -1.99. The van der Waals surface area contributed by atoms with Crippen molar-refractivity contribution >= 4 is 23.5 Å². The Balaban J connectivity index is 1.74. The Labute approximate surface area is 127 Å². The summed E-state index contributed by atoms with van der Waals surface area (Å²) in [6, 6.07) is 12.6. The van der Waals surface area contributed by atoms with Gasteiger partial charge in [-0.1, -0.05) is 6.07 Å². The van der Waals surface area contributed by atoms with Crippen molar-refractivity contribution in [3.05, 3.63) is 66.1 Å². The zero-order valence-electron chi connectivity index (χ0n) is 12.1. The number of anilines is 1. The molecule has 0 fully saturated rings. The molecule has 3 N–H and O–H groups in total. The largest absolute Gasteiger partial charge is 0.399 e. The third-order valence-electron chi connectivity index (χ3n) is 3.41. The Morgan fingerprint density at radius 3 is 2.77 bits per heavy atom. The van der Waals surface area contributed by atoms with Gasteiger partial charge in [0.15, 0.2) is 5.69 Å². The zero-order valence-corrected chi connectivity index (χ0v) is 12.1. The number of carbonyl (C=O) groups excluding carboxylic acids is 1. The second-order valence-corrected chi connectivity index (χ2v) is 4.90. The number of hydrogen-bond acceptors (Lipinski definition) is 3. The Bertz CT molecular complexity index is 849. The van der Waals surface area contributed by atoms with Crippen LogP contribution in [0.1, 0.15) is 16.1 Å². The summed E-state index contributed by atoms with van der Waals surface area (Å²) in [5.74, 6) is -0.275. The van der Waals surface area contributed by atoms with Gasteiger partial charge < -0.3 is 5.73 Å². The molecule has 3 rings (SSSR count). The van der Waals surface area contributed by atoms with Gasteiger partial charge in [-0.2, -0.15) is 5.10 Å². The molecule has 0 aliphatic carbocycles. The molecule has 0 saturated heterocycles. The monoisotopic (exact) mass is 294 g/mol. The highest BCUT2D eigenvalue weighted by atomic mass is 16.2. The first kappa shape index (κ1) is 13.8. The summed E-state index contributed by atoms with van der Waals surface area (Å²) in [5.41, 5.74) is 11.1. The van der Waals surface area contributed by atoms with E-state index >= 15 is 0 Å². The molecule has 2 aromatic heterocycles. The predicted octanol–water partition coefficient (Wildman–Crippen LogP) is 1.11. The van der Waals surface area contributed by atoms with Crippen LogP contribution in [-0.2, 0) is 7.05 Å². The average Bonchev–Trinajstić information content (AvgIpc) is 2.85. The van der Waals surface area contributed by atoms with Crippen molar-refractivity contribution in [3.8, 4) is 0 Å². The van der Waals surface area contributed by atoms with Crippen molar-refractivity contribution in [2.45, 2.75) is 0 Å². The lowest BCUT2D eigenvalue weighted by molar-refractivity contribution is -0.510. The van der Waals surface area contributed by atoms with Gasteiger partial charge in [0.2, 0.25) is 0 Å². The Kier molecular flexibility index (Phi) is 3.57. The smallest absolute Gasteiger partial charge is 0.286 e. The van der Waals surface area contributed by atoms with E-state index in [-0.39, 0.29) is 5.91 Å². The number of pyridine rings is 1. The topological polar surface area (TPSA) is 76.5 Å². The normalized spacial score (nSPS) is 11.1. The number of nitrogen functional groups attached to an aromatic ring is 1. The molecule has 22 heavy (non-hydrogen) atoms. The lowest BCUT2D eigenvalue weighted by Crippen LogP contribution is -2.17. The quantitative estimate of drug-likeness (QED) is 0.328. The van der Waals surface area contributed by atoms with E-state index in [0.717, 1.165) is 11.3 Å². The van der Waals surface area contributed by atoms with Gasteiger partial charge in [-0.3, -0.25) is 4.79 Å². The van der Waals surface area contributed by atoms with E-state index < -0.39 is 0 Å². The van der Waals surface area contributed by atoms with E-state index in [4.69, 9.17) is 5.73 Å². The zero-order chi connectivity index (χ0) is 15.5. The van der Waals surface area contributed by atoms with Gasteiger partial charge in [0.05, 0.1) is 19.5 Å². The van der Waals surface area contributed by atoms with Crippen molar-refractivity contribution in [1.29, 1.82) is 0 Å². The first-order valence-corrected chi connectivity index (χ1v) is 6.80. The maximum Gasteiger partial charge on any atom is 0.286 e. The van der Waals surface area contributed by atoms with Gasteiger partial charge >= 0.3 is 0 Å². The number of nitrogens with one attached hydrogen (secondary N) is 1. The molecule has 0 aliphatic heterocycles. The third-order valence-corrected chi connectivity index (χ3v) is 3.41. The van der Waals surface area contributed by atoms with E-state index in [9.17, 15) is 4.79 Å². The number of hydrazone groups is 1. The van der Waals surface area contributed by atoms with E-state index in [1.165, 1.54) is 0 Å². The van der Waals surface area contributed by atoms with Crippen molar-refractivity contribution in [1.82, 2.24) is 9.99 Å². The summed E-state index contributed by atoms with van der Waals surface area (Å²) in [5, 5.41) is 4.01. The fourth-order valence-corrected chi connectivity index (χ4v) is 2.18.